The van der Waals surface area contributed by atoms with Gasteiger partial charge in [0.15, 0.2) is 23.0 Å². The maximum absolute atomic E-state index is 12.5. The number of nitrogens with zero attached hydrogens (tertiary/aromatic N) is 4. The molecule has 0 aliphatic rings. The lowest BCUT2D eigenvalue weighted by molar-refractivity contribution is -0.385. The van der Waals surface area contributed by atoms with E-state index in [1.165, 1.54) is 48.5 Å². The minimum atomic E-state index is -1.49. The van der Waals surface area contributed by atoms with Gasteiger partial charge in [-0.05, 0) is 83.0 Å². The van der Waals surface area contributed by atoms with Crippen molar-refractivity contribution in [1.82, 2.24) is 0 Å². The van der Waals surface area contributed by atoms with Crippen molar-refractivity contribution < 1.29 is 60.9 Å². The van der Waals surface area contributed by atoms with E-state index in [-0.39, 0.29) is 77.4 Å². The topological polar surface area (TPSA) is 313 Å². The zero-order valence-corrected chi connectivity index (χ0v) is 36.7. The van der Waals surface area contributed by atoms with Crippen LogP contribution in [0, 0.1) is 34.1 Å². The van der Waals surface area contributed by atoms with E-state index in [0.29, 0.717) is 11.1 Å². The Labute approximate surface area is 377 Å². The van der Waals surface area contributed by atoms with Gasteiger partial charge in [-0.25, -0.2) is 0 Å². The Balaban J connectivity index is 1.59. The number of hydrogen-bond donors (Lipinski definition) is 10. The summed E-state index contributed by atoms with van der Waals surface area (Å²) in [6.45, 7) is 8.85. The molecule has 0 fully saturated rings. The van der Waals surface area contributed by atoms with Gasteiger partial charge in [0.25, 0.3) is 11.4 Å². The second-order valence-electron chi connectivity index (χ2n) is 16.7. The first-order valence-electron chi connectivity index (χ1n) is 20.8. The van der Waals surface area contributed by atoms with Crippen LogP contribution in [0.1, 0.15) is 96.2 Å². The Morgan fingerprint density at radius 1 is 0.545 bits per heavy atom. The molecule has 0 saturated carbocycles. The van der Waals surface area contributed by atoms with Crippen LogP contribution in [-0.4, -0.2) is 98.6 Å². The number of rotatable bonds is 15. The van der Waals surface area contributed by atoms with E-state index >= 15 is 0 Å². The molecule has 0 aliphatic carbocycles. The summed E-state index contributed by atoms with van der Waals surface area (Å²) in [5, 5.41) is 137. The smallest absolute Gasteiger partial charge is 0.269 e. The molecule has 18 nitrogen and oxygen atoms in total. The van der Waals surface area contributed by atoms with E-state index in [9.17, 15) is 71.3 Å². The summed E-state index contributed by atoms with van der Waals surface area (Å²) in [4.78, 5) is 29.8. The van der Waals surface area contributed by atoms with Crippen LogP contribution < -0.4 is 0 Å². The average molecular weight is 907 g/mol. The zero-order chi connectivity index (χ0) is 48.6. The lowest BCUT2D eigenvalue weighted by atomic mass is 9.83. The zero-order valence-electron chi connectivity index (χ0n) is 36.7. The lowest BCUT2D eigenvalue weighted by Gasteiger charge is -2.24. The van der Waals surface area contributed by atoms with Gasteiger partial charge in [-0.2, -0.15) is 0 Å². The van der Waals surface area contributed by atoms with Gasteiger partial charge < -0.3 is 51.1 Å². The van der Waals surface area contributed by atoms with Crippen LogP contribution in [0.4, 0.5) is 11.4 Å². The standard InChI is InChI=1S/C48H50N4O14/c1-21(2)35-29-15-23(5)37(45(59)39(29)31(43(57)47(35)61)17-49-33(19-53)41(55)25-7-11-27(12-8-25)51(63)64)38-24(6)16-30-36(22(3)4)48(62)44(58)32(40(30)46(38)60)18-50-34(20-54)42(56)26-9-13-28(14-10-26)52(65)66/h7-18,21-22,33-34,41-42,53-62H,19-20H2,1-6H3/t33-,34-,41-,42-/m1/s1. The van der Waals surface area contributed by atoms with Crippen LogP contribution in [0.15, 0.2) is 70.6 Å². The molecule has 10 N–H and O–H groups in total. The Kier molecular flexibility index (Phi) is 13.8. The van der Waals surface area contributed by atoms with Gasteiger partial charge in [0.1, 0.15) is 35.8 Å². The molecule has 0 aliphatic heterocycles. The Morgan fingerprint density at radius 2 is 0.864 bits per heavy atom. The summed E-state index contributed by atoms with van der Waals surface area (Å²) in [7, 11) is 0. The Morgan fingerprint density at radius 3 is 1.14 bits per heavy atom. The van der Waals surface area contributed by atoms with E-state index in [2.05, 4.69) is 9.98 Å². The number of nitro benzene ring substituents is 2. The average Bonchev–Trinajstić information content (AvgIpc) is 3.27. The molecule has 0 bridgehead atoms. The van der Waals surface area contributed by atoms with Gasteiger partial charge in [0, 0.05) is 80.8 Å². The maximum atomic E-state index is 12.5. The Hall–Kier alpha value is -7.38. The summed E-state index contributed by atoms with van der Waals surface area (Å²) in [6, 6.07) is 10.6. The van der Waals surface area contributed by atoms with Gasteiger partial charge in [-0.15, -0.1) is 0 Å². The number of aliphatic hydroxyl groups is 4. The van der Waals surface area contributed by atoms with Gasteiger partial charge in [-0.3, -0.25) is 30.2 Å². The predicted octanol–water partition coefficient (Wildman–Crippen LogP) is 7.60. The molecule has 0 heterocycles. The molecular weight excluding hydrogens is 857 g/mol. The molecule has 0 saturated heterocycles. The third kappa shape index (κ3) is 8.61. The summed E-state index contributed by atoms with van der Waals surface area (Å²) < 4.78 is 0. The molecule has 6 aromatic carbocycles. The molecule has 346 valence electrons. The molecule has 0 spiro atoms. The molecule has 66 heavy (non-hydrogen) atoms. The van der Waals surface area contributed by atoms with Crippen molar-refractivity contribution in [3.05, 3.63) is 125 Å². The fraction of sp³-hybridized carbons (Fsp3) is 0.292. The molecular formula is C48H50N4O14. The van der Waals surface area contributed by atoms with Crippen molar-refractivity contribution in [2.75, 3.05) is 13.2 Å². The molecule has 18 heteroatoms. The molecule has 4 atom stereocenters. The number of aliphatic hydroxyl groups excluding tert-OH is 4. The van der Waals surface area contributed by atoms with Crippen LogP contribution in [0.3, 0.4) is 0 Å². The summed E-state index contributed by atoms with van der Waals surface area (Å²) >= 11 is 0. The monoisotopic (exact) mass is 906 g/mol. The fourth-order valence-electron chi connectivity index (χ4n) is 8.45. The third-order valence-corrected chi connectivity index (χ3v) is 11.8. The molecule has 0 amide bonds. The van der Waals surface area contributed by atoms with E-state index in [0.717, 1.165) is 12.4 Å². The van der Waals surface area contributed by atoms with E-state index in [4.69, 9.17) is 0 Å². The lowest BCUT2D eigenvalue weighted by Crippen LogP contribution is -2.21. The second kappa shape index (κ2) is 19.0. The normalized spacial score (nSPS) is 13.9. The van der Waals surface area contributed by atoms with Gasteiger partial charge >= 0.3 is 0 Å². The highest BCUT2D eigenvalue weighted by Gasteiger charge is 2.31. The fourth-order valence-corrected chi connectivity index (χ4v) is 8.45. The highest BCUT2D eigenvalue weighted by Crippen LogP contribution is 2.54. The van der Waals surface area contributed by atoms with Crippen LogP contribution in [0.5, 0.6) is 34.5 Å². The van der Waals surface area contributed by atoms with E-state index in [1.807, 2.05) is 0 Å². The van der Waals surface area contributed by atoms with Crippen LogP contribution >= 0.6 is 0 Å². The molecule has 0 radical (unpaired) electrons. The van der Waals surface area contributed by atoms with Crippen LogP contribution in [0.25, 0.3) is 32.7 Å². The number of phenols is 6. The minimum absolute atomic E-state index is 0.0389. The van der Waals surface area contributed by atoms with Crippen molar-refractivity contribution in [2.24, 2.45) is 9.98 Å². The number of aryl methyl sites for hydroxylation is 2. The number of nitro groups is 2. The first-order valence-corrected chi connectivity index (χ1v) is 20.8. The number of phenolic OH excluding ortho intramolecular Hbond substituents is 6. The highest BCUT2D eigenvalue weighted by atomic mass is 16.6. The van der Waals surface area contributed by atoms with Crippen LogP contribution in [-0.2, 0) is 0 Å². The first kappa shape index (κ1) is 48.1. The van der Waals surface area contributed by atoms with E-state index < -0.39 is 93.7 Å². The van der Waals surface area contributed by atoms with Crippen molar-refractivity contribution >= 4 is 45.3 Å². The maximum Gasteiger partial charge on any atom is 0.269 e. The second-order valence-corrected chi connectivity index (χ2v) is 16.7. The summed E-state index contributed by atoms with van der Waals surface area (Å²) in [5.74, 6) is -4.27. The Bertz CT molecular complexity index is 2730. The molecule has 6 aromatic rings. The van der Waals surface area contributed by atoms with Gasteiger partial charge in [-0.1, -0.05) is 39.8 Å². The summed E-state index contributed by atoms with van der Waals surface area (Å²) in [6.07, 6.45) is -0.850. The van der Waals surface area contributed by atoms with Crippen LogP contribution in [0.2, 0.25) is 0 Å². The van der Waals surface area contributed by atoms with Crippen molar-refractivity contribution in [2.45, 2.75) is 77.7 Å². The SMILES string of the molecule is Cc1cc2c(C(C)C)c(O)c(O)c(C=N[C@H](CO)[C@H](O)c3ccc([N+](=O)[O-])cc3)c2c(O)c1-c1c(C)cc2c(C(C)C)c(O)c(O)c(C=N[C@H](CO)[C@H](O)c3ccc([N+](=O)[O-])cc3)c2c1O. The van der Waals surface area contributed by atoms with E-state index in [1.54, 1.807) is 53.7 Å². The third-order valence-electron chi connectivity index (χ3n) is 11.8. The number of hydrogen-bond acceptors (Lipinski definition) is 16. The minimum Gasteiger partial charge on any atom is -0.507 e. The highest BCUT2D eigenvalue weighted by molar-refractivity contribution is 6.15. The first-order chi connectivity index (χ1) is 31.2. The quantitative estimate of drug-likeness (QED) is 0.0205. The van der Waals surface area contributed by atoms with Gasteiger partial charge in [0.2, 0.25) is 0 Å². The number of non-ortho nitro benzene ring substituents is 2. The number of benzene rings is 6. The van der Waals surface area contributed by atoms with Crippen molar-refractivity contribution in [3.63, 3.8) is 0 Å². The largest absolute Gasteiger partial charge is 0.507 e. The molecule has 0 aromatic heterocycles. The number of fused-ring (bicyclic) bond motifs is 2. The number of aliphatic imine (C=N–C) groups is 2. The van der Waals surface area contributed by atoms with Gasteiger partial charge in [0.05, 0.1) is 23.1 Å². The molecule has 0 unspecified atom stereocenters. The summed E-state index contributed by atoms with van der Waals surface area (Å²) in [5.41, 5.74) is 0.810. The van der Waals surface area contributed by atoms with Crippen molar-refractivity contribution in [3.8, 4) is 45.6 Å². The number of aromatic hydroxyl groups is 6. The molecule has 6 rings (SSSR count). The van der Waals surface area contributed by atoms with Crippen molar-refractivity contribution in [1.29, 1.82) is 0 Å². The predicted molar refractivity (Wildman–Crippen MR) is 248 cm³/mol.